The number of carbonyl (C=O) groups is 2. The van der Waals surface area contributed by atoms with Gasteiger partial charge in [0.15, 0.2) is 18.1 Å². The number of aliphatic carboxylic acids is 1. The number of hydrogen-bond acceptors (Lipinski definition) is 9. The summed E-state index contributed by atoms with van der Waals surface area (Å²) in [4.78, 5) is 25.8. The zero-order valence-corrected chi connectivity index (χ0v) is 27.3. The van der Waals surface area contributed by atoms with Gasteiger partial charge in [-0.1, -0.05) is 25.1 Å². The van der Waals surface area contributed by atoms with Crippen molar-refractivity contribution in [1.29, 1.82) is 0 Å². The molecule has 0 spiro atoms. The number of benzene rings is 3. The maximum absolute atomic E-state index is 13.1. The minimum Gasteiger partial charge on any atom is -0.550 e. The predicted octanol–water partition coefficient (Wildman–Crippen LogP) is 1.72. The van der Waals surface area contributed by atoms with Gasteiger partial charge in [0.05, 0.1) is 13.7 Å². The fraction of sp³-hybridized carbons (Fsp3) is 0.412. The van der Waals surface area contributed by atoms with E-state index in [0.717, 1.165) is 48.8 Å². The van der Waals surface area contributed by atoms with Gasteiger partial charge in [-0.15, -0.1) is 0 Å². The number of ether oxygens (including phenoxy) is 6. The van der Waals surface area contributed by atoms with Crippen molar-refractivity contribution in [1.82, 2.24) is 0 Å². The van der Waals surface area contributed by atoms with Crippen LogP contribution in [-0.4, -0.2) is 45.2 Å². The fourth-order valence-corrected chi connectivity index (χ4v) is 6.51. The van der Waals surface area contributed by atoms with Crippen LogP contribution in [0.25, 0.3) is 0 Å². The number of carboxylic acids is 1. The standard InChI is InChI=1S/C34H36O9.Na/c1-3-14-39-23-10-11-24-26(16-23)32(33(34(36)37)31(24)20-8-13-27-29(15-20)42-19-41-27)25-12-9-22(38-2)17-28(25)40-18-30(35)43-21-6-4-5-7-21;/h8-13,15-17,21,31-33H,3-7,14,18-19H2,1-2H3,(H,36,37);/q;+1/p-1/t31-,32+,33+;/m0./s1. The van der Waals surface area contributed by atoms with Crippen LogP contribution >= 0.6 is 0 Å². The molecule has 0 radical (unpaired) electrons. The zero-order valence-electron chi connectivity index (χ0n) is 25.3. The molecule has 3 aromatic rings. The third kappa shape index (κ3) is 6.50. The number of methoxy groups -OCH3 is 1. The molecule has 0 unspecified atom stereocenters. The Bertz CT molecular complexity index is 1500. The van der Waals surface area contributed by atoms with Gasteiger partial charge in [0.2, 0.25) is 6.79 Å². The van der Waals surface area contributed by atoms with Gasteiger partial charge in [-0.2, -0.15) is 0 Å². The van der Waals surface area contributed by atoms with Crippen molar-refractivity contribution >= 4 is 11.9 Å². The number of esters is 1. The van der Waals surface area contributed by atoms with Gasteiger partial charge in [0.1, 0.15) is 23.4 Å². The summed E-state index contributed by atoms with van der Waals surface area (Å²) < 4.78 is 34.2. The second-order valence-electron chi connectivity index (χ2n) is 11.1. The van der Waals surface area contributed by atoms with E-state index >= 15 is 0 Å². The summed E-state index contributed by atoms with van der Waals surface area (Å²) >= 11 is 0. The molecule has 1 saturated carbocycles. The molecule has 0 amide bonds. The molecule has 6 rings (SSSR count). The second kappa shape index (κ2) is 14.1. The van der Waals surface area contributed by atoms with Crippen LogP contribution < -0.4 is 58.3 Å². The van der Waals surface area contributed by atoms with Crippen molar-refractivity contribution in [3.8, 4) is 28.7 Å². The number of fused-ring (bicyclic) bond motifs is 2. The molecule has 9 nitrogen and oxygen atoms in total. The molecule has 3 aliphatic rings. The Kier molecular flexibility index (Phi) is 10.3. The molecule has 3 atom stereocenters. The molecule has 0 N–H and O–H groups in total. The predicted molar refractivity (Wildman–Crippen MR) is 154 cm³/mol. The van der Waals surface area contributed by atoms with Crippen molar-refractivity contribution in [2.24, 2.45) is 5.92 Å². The van der Waals surface area contributed by atoms with Crippen molar-refractivity contribution < 1.29 is 72.7 Å². The summed E-state index contributed by atoms with van der Waals surface area (Å²) in [6.07, 6.45) is 4.53. The van der Waals surface area contributed by atoms with Crippen LogP contribution in [0.5, 0.6) is 28.7 Å². The van der Waals surface area contributed by atoms with Crippen LogP contribution in [0, 0.1) is 5.92 Å². The Morgan fingerprint density at radius 3 is 2.36 bits per heavy atom. The first kappa shape index (κ1) is 32.0. The van der Waals surface area contributed by atoms with Crippen molar-refractivity contribution in [3.05, 3.63) is 76.9 Å². The largest absolute Gasteiger partial charge is 1.00 e. The molecule has 0 saturated heterocycles. The van der Waals surface area contributed by atoms with Gasteiger partial charge in [-0.3, -0.25) is 0 Å². The molecular weight excluding hydrogens is 575 g/mol. The normalized spacial score (nSPS) is 20.0. The van der Waals surface area contributed by atoms with E-state index in [4.69, 9.17) is 28.4 Å². The SMILES string of the molecule is CCCOc1ccc2c(c1)[C@@H](c1ccc(OC)cc1OCC(=O)OC1CCCC1)[C@H](C(=O)[O-])[C@H]2c1ccc2c(c1)OCO2.[Na+]. The summed E-state index contributed by atoms with van der Waals surface area (Å²) in [5, 5.41) is 13.1. The number of hydrogen-bond donors (Lipinski definition) is 0. The second-order valence-corrected chi connectivity index (χ2v) is 11.1. The van der Waals surface area contributed by atoms with Crippen LogP contribution in [0.2, 0.25) is 0 Å². The average Bonchev–Trinajstić information content (AvgIpc) is 3.77. The Hall–Kier alpha value is -3.40. The molecule has 0 bridgehead atoms. The molecular formula is C34H35NaO9. The van der Waals surface area contributed by atoms with E-state index in [1.165, 1.54) is 7.11 Å². The smallest absolute Gasteiger partial charge is 0.550 e. The topological polar surface area (TPSA) is 113 Å². The van der Waals surface area contributed by atoms with Crippen LogP contribution in [0.15, 0.2) is 54.6 Å². The van der Waals surface area contributed by atoms with Crippen molar-refractivity contribution in [3.63, 3.8) is 0 Å². The van der Waals surface area contributed by atoms with Gasteiger partial charge in [-0.05, 0) is 79.1 Å². The van der Waals surface area contributed by atoms with E-state index in [9.17, 15) is 14.7 Å². The summed E-state index contributed by atoms with van der Waals surface area (Å²) in [5.74, 6) is -1.22. The van der Waals surface area contributed by atoms with Gasteiger partial charge >= 0.3 is 35.5 Å². The van der Waals surface area contributed by atoms with Crippen molar-refractivity contribution in [2.75, 3.05) is 27.1 Å². The molecule has 1 heterocycles. The van der Waals surface area contributed by atoms with Gasteiger partial charge < -0.3 is 38.3 Å². The fourth-order valence-electron chi connectivity index (χ4n) is 6.51. The van der Waals surface area contributed by atoms with E-state index in [0.29, 0.717) is 40.9 Å². The molecule has 1 fully saturated rings. The molecule has 2 aliphatic carbocycles. The van der Waals surface area contributed by atoms with Crippen LogP contribution in [0.1, 0.15) is 73.1 Å². The number of carboxylic acid groups (broad SMARTS) is 1. The summed E-state index contributed by atoms with van der Waals surface area (Å²) in [6, 6.07) is 16.4. The van der Waals surface area contributed by atoms with E-state index in [-0.39, 0.29) is 49.1 Å². The average molecular weight is 611 g/mol. The van der Waals surface area contributed by atoms with Crippen molar-refractivity contribution in [2.45, 2.75) is 57.0 Å². The summed E-state index contributed by atoms with van der Waals surface area (Å²) in [5.41, 5.74) is 2.99. The van der Waals surface area contributed by atoms with E-state index in [1.807, 2.05) is 37.3 Å². The number of rotatable bonds is 11. The molecule has 226 valence electrons. The zero-order chi connectivity index (χ0) is 29.9. The molecule has 10 heteroatoms. The van der Waals surface area contributed by atoms with Crippen LogP contribution in [0.3, 0.4) is 0 Å². The first-order valence-electron chi connectivity index (χ1n) is 14.8. The maximum atomic E-state index is 13.1. The monoisotopic (exact) mass is 610 g/mol. The van der Waals surface area contributed by atoms with E-state index in [1.54, 1.807) is 24.3 Å². The molecule has 0 aromatic heterocycles. The summed E-state index contributed by atoms with van der Waals surface area (Å²) in [7, 11) is 1.54. The maximum Gasteiger partial charge on any atom is 1.00 e. The Labute approximate surface area is 279 Å². The quantitative estimate of drug-likeness (QED) is 0.237. The van der Waals surface area contributed by atoms with Crippen LogP contribution in [0.4, 0.5) is 0 Å². The Morgan fingerprint density at radius 1 is 0.864 bits per heavy atom. The Morgan fingerprint density at radius 2 is 1.61 bits per heavy atom. The van der Waals surface area contributed by atoms with Gasteiger partial charge in [0.25, 0.3) is 0 Å². The summed E-state index contributed by atoms with van der Waals surface area (Å²) in [6.45, 7) is 2.35. The van der Waals surface area contributed by atoms with E-state index in [2.05, 4.69) is 0 Å². The van der Waals surface area contributed by atoms with Gasteiger partial charge in [0, 0.05) is 35.4 Å². The van der Waals surface area contributed by atoms with Crippen LogP contribution in [-0.2, 0) is 14.3 Å². The van der Waals surface area contributed by atoms with Gasteiger partial charge in [-0.25, -0.2) is 4.79 Å². The minimum atomic E-state index is -1.21. The Balaban J connectivity index is 0.00000384. The first-order valence-corrected chi connectivity index (χ1v) is 14.8. The number of carbonyl (C=O) groups excluding carboxylic acids is 2. The molecule has 3 aromatic carbocycles. The molecule has 44 heavy (non-hydrogen) atoms. The third-order valence-corrected chi connectivity index (χ3v) is 8.45. The van der Waals surface area contributed by atoms with E-state index < -0.39 is 29.7 Å². The first-order chi connectivity index (χ1) is 21.0. The molecule has 1 aliphatic heterocycles. The third-order valence-electron chi connectivity index (χ3n) is 8.45. The minimum absolute atomic E-state index is 0.